The number of carboxylic acid groups (broad SMARTS) is 2. The van der Waals surface area contributed by atoms with E-state index in [1.54, 1.807) is 12.1 Å². The van der Waals surface area contributed by atoms with E-state index in [0.717, 1.165) is 0 Å². The molecule has 5 nitrogen and oxygen atoms in total. The number of carbonyl (C=O) groups is 2. The molecule has 0 aliphatic rings. The van der Waals surface area contributed by atoms with E-state index in [9.17, 15) is 13.8 Å². The Hall–Kier alpha value is -1.98. The van der Waals surface area contributed by atoms with Gasteiger partial charge in [0, 0.05) is 16.5 Å². The summed E-state index contributed by atoms with van der Waals surface area (Å²) in [5.41, 5.74) is -0.211. The molecule has 0 saturated carbocycles. The Kier molecular flexibility index (Phi) is 5.82. The summed E-state index contributed by atoms with van der Waals surface area (Å²) in [5, 5.41) is 18.2. The van der Waals surface area contributed by atoms with Crippen molar-refractivity contribution in [3.63, 3.8) is 0 Å². The van der Waals surface area contributed by atoms with Gasteiger partial charge in [0.2, 0.25) is 0 Å². The maximum absolute atomic E-state index is 12.5. The van der Waals surface area contributed by atoms with Crippen LogP contribution in [0.4, 0.5) is 0 Å². The van der Waals surface area contributed by atoms with Crippen molar-refractivity contribution >= 4 is 22.7 Å². The van der Waals surface area contributed by atoms with Crippen molar-refractivity contribution < 1.29 is 40.5 Å². The quantitative estimate of drug-likeness (QED) is 0.827. The number of carboxylic acids is 2. The zero-order valence-corrected chi connectivity index (χ0v) is 12.3. The van der Waals surface area contributed by atoms with Crippen LogP contribution in [0.5, 0.6) is 0 Å². The van der Waals surface area contributed by atoms with E-state index < -0.39 is 22.7 Å². The van der Waals surface area contributed by atoms with Gasteiger partial charge in [-0.1, -0.05) is 24.3 Å². The van der Waals surface area contributed by atoms with Gasteiger partial charge >= 0.3 is 11.9 Å². The first-order valence-corrected chi connectivity index (χ1v) is 6.73. The summed E-state index contributed by atoms with van der Waals surface area (Å²) in [4.78, 5) is 22.4. The molecule has 0 aromatic heterocycles. The maximum atomic E-state index is 12.5. The topological polar surface area (TPSA) is 91.7 Å². The minimum absolute atomic E-state index is 0. The Labute approximate surface area is 133 Å². The second-order valence-electron chi connectivity index (χ2n) is 3.87. The van der Waals surface area contributed by atoms with E-state index in [1.807, 2.05) is 0 Å². The maximum Gasteiger partial charge on any atom is 0.336 e. The third-order valence-electron chi connectivity index (χ3n) is 2.63. The molecule has 0 radical (unpaired) electrons. The fourth-order valence-electron chi connectivity index (χ4n) is 1.73. The molecule has 2 aromatic rings. The summed E-state index contributed by atoms with van der Waals surface area (Å²) in [6.07, 6.45) is 0. The fraction of sp³-hybridized carbons (Fsp3) is 0. The van der Waals surface area contributed by atoms with Crippen LogP contribution in [0.1, 0.15) is 20.7 Å². The molecule has 2 rings (SSSR count). The molecule has 0 unspecified atom stereocenters. The molecule has 0 saturated heterocycles. The SMILES string of the molecule is O=C(O)c1ccccc1S(=O)c1ccccc1C(=O)O.[Ni]. The molecule has 0 amide bonds. The third-order valence-corrected chi connectivity index (χ3v) is 4.15. The molecule has 0 bridgehead atoms. The molecule has 2 aromatic carbocycles. The smallest absolute Gasteiger partial charge is 0.336 e. The van der Waals surface area contributed by atoms with Gasteiger partial charge in [0.25, 0.3) is 0 Å². The van der Waals surface area contributed by atoms with Gasteiger partial charge in [-0.25, -0.2) is 13.8 Å². The van der Waals surface area contributed by atoms with Gasteiger partial charge in [-0.05, 0) is 24.3 Å². The summed E-state index contributed by atoms with van der Waals surface area (Å²) in [6.45, 7) is 0. The van der Waals surface area contributed by atoms with Crippen LogP contribution in [0, 0.1) is 0 Å². The van der Waals surface area contributed by atoms with Gasteiger partial charge in [-0.3, -0.25) is 0 Å². The zero-order chi connectivity index (χ0) is 14.7. The Morgan fingerprint density at radius 1 is 0.762 bits per heavy atom. The molecular weight excluding hydrogens is 339 g/mol. The average Bonchev–Trinajstić information content (AvgIpc) is 2.46. The van der Waals surface area contributed by atoms with Crippen molar-refractivity contribution in [1.82, 2.24) is 0 Å². The largest absolute Gasteiger partial charge is 0.478 e. The zero-order valence-electron chi connectivity index (χ0n) is 10.5. The molecule has 112 valence electrons. The number of hydrogen-bond donors (Lipinski definition) is 2. The Morgan fingerprint density at radius 2 is 1.10 bits per heavy atom. The minimum atomic E-state index is -1.87. The van der Waals surface area contributed by atoms with Crippen molar-refractivity contribution in [2.24, 2.45) is 0 Å². The van der Waals surface area contributed by atoms with E-state index in [-0.39, 0.29) is 37.4 Å². The van der Waals surface area contributed by atoms with E-state index in [2.05, 4.69) is 0 Å². The van der Waals surface area contributed by atoms with Crippen LogP contribution in [0.3, 0.4) is 0 Å². The molecule has 0 aliphatic heterocycles. The second-order valence-corrected chi connectivity index (χ2v) is 5.29. The van der Waals surface area contributed by atoms with Crippen LogP contribution in [0.2, 0.25) is 0 Å². The molecule has 0 spiro atoms. The van der Waals surface area contributed by atoms with Crippen LogP contribution >= 0.6 is 0 Å². The first-order valence-electron chi connectivity index (χ1n) is 5.59. The fourth-order valence-corrected chi connectivity index (χ4v) is 3.08. The Bertz CT molecular complexity index is 655. The van der Waals surface area contributed by atoms with Crippen LogP contribution in [0.15, 0.2) is 58.3 Å². The summed E-state index contributed by atoms with van der Waals surface area (Å²) in [6, 6.07) is 11.7. The van der Waals surface area contributed by atoms with E-state index in [4.69, 9.17) is 10.2 Å². The molecule has 0 atom stereocenters. The second kappa shape index (κ2) is 7.15. The van der Waals surface area contributed by atoms with Crippen molar-refractivity contribution in [3.8, 4) is 0 Å². The molecule has 0 aliphatic carbocycles. The number of hydrogen-bond acceptors (Lipinski definition) is 3. The first kappa shape index (κ1) is 17.1. The predicted octanol–water partition coefficient (Wildman–Crippen LogP) is 2.25. The van der Waals surface area contributed by atoms with E-state index in [1.165, 1.54) is 36.4 Å². The molecule has 2 N–H and O–H groups in total. The number of rotatable bonds is 4. The number of benzene rings is 2. The summed E-state index contributed by atoms with van der Waals surface area (Å²) >= 11 is 0. The van der Waals surface area contributed by atoms with Crippen LogP contribution in [-0.2, 0) is 27.3 Å². The van der Waals surface area contributed by atoms with Gasteiger partial charge in [-0.2, -0.15) is 0 Å². The Balaban J connectivity index is 0.00000220. The molecular formula is C14H10NiO5S. The molecule has 0 fully saturated rings. The number of aromatic carboxylic acids is 2. The molecule has 0 heterocycles. The van der Waals surface area contributed by atoms with Crippen molar-refractivity contribution in [3.05, 3.63) is 59.7 Å². The minimum Gasteiger partial charge on any atom is -0.478 e. The molecule has 7 heteroatoms. The van der Waals surface area contributed by atoms with E-state index >= 15 is 0 Å². The monoisotopic (exact) mass is 348 g/mol. The first-order chi connectivity index (χ1) is 9.52. The van der Waals surface area contributed by atoms with Gasteiger partial charge in [-0.15, -0.1) is 0 Å². The van der Waals surface area contributed by atoms with Crippen LogP contribution in [0.25, 0.3) is 0 Å². The summed E-state index contributed by atoms with van der Waals surface area (Å²) in [7, 11) is -1.87. The van der Waals surface area contributed by atoms with Gasteiger partial charge in [0.15, 0.2) is 0 Å². The van der Waals surface area contributed by atoms with Crippen molar-refractivity contribution in [1.29, 1.82) is 0 Å². The Morgan fingerprint density at radius 3 is 1.43 bits per heavy atom. The van der Waals surface area contributed by atoms with Crippen LogP contribution < -0.4 is 0 Å². The predicted molar refractivity (Wildman–Crippen MR) is 71.5 cm³/mol. The van der Waals surface area contributed by atoms with Gasteiger partial charge in [0.1, 0.15) is 0 Å². The van der Waals surface area contributed by atoms with Gasteiger partial charge < -0.3 is 10.2 Å². The van der Waals surface area contributed by atoms with E-state index in [0.29, 0.717) is 0 Å². The van der Waals surface area contributed by atoms with Crippen molar-refractivity contribution in [2.45, 2.75) is 9.79 Å². The van der Waals surface area contributed by atoms with Crippen molar-refractivity contribution in [2.75, 3.05) is 0 Å². The normalized spacial score (nSPS) is 9.95. The summed E-state index contributed by atoms with van der Waals surface area (Å²) < 4.78 is 12.5. The average molecular weight is 349 g/mol. The van der Waals surface area contributed by atoms with Crippen LogP contribution in [-0.4, -0.2) is 26.4 Å². The molecule has 21 heavy (non-hydrogen) atoms. The standard InChI is InChI=1S/C14H10O5S.Ni/c15-13(16)9-5-1-3-7-11(9)20(19)12-8-4-2-6-10(12)14(17)18;/h1-8H,(H,15,16)(H,17,18);. The third kappa shape index (κ3) is 3.57. The summed E-state index contributed by atoms with van der Waals surface area (Å²) in [5.74, 6) is -2.41. The van der Waals surface area contributed by atoms with Gasteiger partial charge in [0.05, 0.1) is 31.7 Å².